The molecule has 3 aromatic carbocycles. The van der Waals surface area contributed by atoms with Crippen LogP contribution in [0, 0.1) is 0 Å². The first-order chi connectivity index (χ1) is 13.2. The molecule has 0 aliphatic carbocycles. The molecule has 0 unspecified atom stereocenters. The lowest BCUT2D eigenvalue weighted by Crippen LogP contribution is -2.08. The first kappa shape index (κ1) is 18.3. The Hall–Kier alpha value is -3.53. The molecule has 0 bridgehead atoms. The maximum Gasteiger partial charge on any atom is 0.343 e. The van der Waals surface area contributed by atoms with E-state index in [9.17, 15) is 4.79 Å². The molecule has 0 heterocycles. The maximum atomic E-state index is 12.3. The molecule has 0 spiro atoms. The number of benzene rings is 3. The second-order valence-electron chi connectivity index (χ2n) is 5.75. The van der Waals surface area contributed by atoms with Crippen LogP contribution in [-0.2, 0) is 0 Å². The lowest BCUT2D eigenvalue weighted by atomic mass is 10.1. The average molecular weight is 360 g/mol. The summed E-state index contributed by atoms with van der Waals surface area (Å²) in [7, 11) is 1.64. The van der Waals surface area contributed by atoms with Crippen molar-refractivity contribution in [2.75, 3.05) is 7.11 Å². The number of hydrogen-bond acceptors (Lipinski definition) is 4. The van der Waals surface area contributed by atoms with E-state index < -0.39 is 5.97 Å². The fourth-order valence-corrected chi connectivity index (χ4v) is 2.48. The van der Waals surface area contributed by atoms with Crippen LogP contribution >= 0.6 is 0 Å². The molecule has 0 fully saturated rings. The average Bonchev–Trinajstić information content (AvgIpc) is 2.73. The molecule has 3 rings (SSSR count). The van der Waals surface area contributed by atoms with Crippen LogP contribution in [0.2, 0.25) is 0 Å². The smallest absolute Gasteiger partial charge is 0.343 e. The van der Waals surface area contributed by atoms with Crippen molar-refractivity contribution in [3.63, 3.8) is 0 Å². The minimum absolute atomic E-state index is 0.412. The highest BCUT2D eigenvalue weighted by atomic mass is 16.5. The molecule has 0 aliphatic heterocycles. The standard InChI is InChI=1S/C23H20O4/c1-3-16-26-21-12-8-19(9-13-21)23(24)27-22-14-6-18(7-15-22)17-4-10-20(25-2)11-5-17/h3-16H,1-2H3. The van der Waals surface area contributed by atoms with Crippen LogP contribution in [0.5, 0.6) is 17.2 Å². The van der Waals surface area contributed by atoms with Gasteiger partial charge in [-0.25, -0.2) is 4.79 Å². The second kappa shape index (κ2) is 8.72. The van der Waals surface area contributed by atoms with Gasteiger partial charge >= 0.3 is 5.97 Å². The van der Waals surface area contributed by atoms with E-state index in [1.54, 1.807) is 55.8 Å². The summed E-state index contributed by atoms with van der Waals surface area (Å²) in [5.41, 5.74) is 2.55. The van der Waals surface area contributed by atoms with E-state index in [1.165, 1.54) is 0 Å². The fraction of sp³-hybridized carbons (Fsp3) is 0.0870. The van der Waals surface area contributed by atoms with Crippen LogP contribution in [0.25, 0.3) is 11.1 Å². The number of rotatable bonds is 6. The Morgan fingerprint density at radius 1 is 0.741 bits per heavy atom. The molecular weight excluding hydrogens is 340 g/mol. The Labute approximate surface area is 158 Å². The first-order valence-electron chi connectivity index (χ1n) is 8.54. The highest BCUT2D eigenvalue weighted by molar-refractivity contribution is 5.91. The van der Waals surface area contributed by atoms with Crippen LogP contribution in [0.4, 0.5) is 0 Å². The van der Waals surface area contributed by atoms with Gasteiger partial charge in [0.1, 0.15) is 17.2 Å². The number of carbonyl (C=O) groups is 1. The molecule has 136 valence electrons. The number of carbonyl (C=O) groups excluding carboxylic acids is 1. The fourth-order valence-electron chi connectivity index (χ4n) is 2.48. The SMILES string of the molecule is CC=COc1ccc(C(=O)Oc2ccc(-c3ccc(OC)cc3)cc2)cc1. The maximum absolute atomic E-state index is 12.3. The molecule has 0 aromatic heterocycles. The Morgan fingerprint density at radius 3 is 1.78 bits per heavy atom. The van der Waals surface area contributed by atoms with E-state index in [4.69, 9.17) is 14.2 Å². The minimum Gasteiger partial charge on any atom is -0.497 e. The Kier molecular flexibility index (Phi) is 5.90. The van der Waals surface area contributed by atoms with Crippen LogP contribution in [0.1, 0.15) is 17.3 Å². The van der Waals surface area contributed by atoms with Crippen LogP contribution in [-0.4, -0.2) is 13.1 Å². The second-order valence-corrected chi connectivity index (χ2v) is 5.75. The van der Waals surface area contributed by atoms with Gasteiger partial charge in [0.2, 0.25) is 0 Å². The molecule has 0 aliphatic rings. The predicted octanol–water partition coefficient (Wildman–Crippen LogP) is 5.49. The summed E-state index contributed by atoms with van der Waals surface area (Å²) >= 11 is 0. The summed E-state index contributed by atoms with van der Waals surface area (Å²) < 4.78 is 15.9. The number of allylic oxidation sites excluding steroid dienone is 1. The molecule has 0 atom stereocenters. The van der Waals surface area contributed by atoms with Crippen molar-refractivity contribution in [2.45, 2.75) is 6.92 Å². The molecule has 0 radical (unpaired) electrons. The van der Waals surface area contributed by atoms with Crippen molar-refractivity contribution in [3.05, 3.63) is 90.7 Å². The molecule has 4 heteroatoms. The van der Waals surface area contributed by atoms with Crippen LogP contribution in [0.15, 0.2) is 85.1 Å². The van der Waals surface area contributed by atoms with Gasteiger partial charge < -0.3 is 14.2 Å². The van der Waals surface area contributed by atoms with E-state index in [0.717, 1.165) is 16.9 Å². The Bertz CT molecular complexity index is 908. The third kappa shape index (κ3) is 4.76. The van der Waals surface area contributed by atoms with Gasteiger partial charge in [-0.3, -0.25) is 0 Å². The van der Waals surface area contributed by atoms with Crippen molar-refractivity contribution in [3.8, 4) is 28.4 Å². The summed E-state index contributed by atoms with van der Waals surface area (Å²) in [6.07, 6.45) is 3.37. The molecule has 0 saturated carbocycles. The van der Waals surface area contributed by atoms with Crippen LogP contribution in [0.3, 0.4) is 0 Å². The Balaban J connectivity index is 1.65. The van der Waals surface area contributed by atoms with Crippen molar-refractivity contribution >= 4 is 5.97 Å². The van der Waals surface area contributed by atoms with Gasteiger partial charge in [0, 0.05) is 0 Å². The highest BCUT2D eigenvalue weighted by Crippen LogP contribution is 2.25. The minimum atomic E-state index is -0.412. The predicted molar refractivity (Wildman–Crippen MR) is 105 cm³/mol. The summed E-state index contributed by atoms with van der Waals surface area (Å²) in [5.74, 6) is 1.55. The van der Waals surface area contributed by atoms with Gasteiger partial charge in [0.05, 0.1) is 18.9 Å². The van der Waals surface area contributed by atoms with E-state index in [0.29, 0.717) is 17.1 Å². The molecule has 0 N–H and O–H groups in total. The number of methoxy groups -OCH3 is 1. The van der Waals surface area contributed by atoms with E-state index in [1.807, 2.05) is 43.3 Å². The molecule has 4 nitrogen and oxygen atoms in total. The monoisotopic (exact) mass is 360 g/mol. The third-order valence-electron chi connectivity index (χ3n) is 3.92. The van der Waals surface area contributed by atoms with Crippen molar-refractivity contribution in [1.29, 1.82) is 0 Å². The van der Waals surface area contributed by atoms with Gasteiger partial charge in [-0.2, -0.15) is 0 Å². The van der Waals surface area contributed by atoms with Crippen LogP contribution < -0.4 is 14.2 Å². The van der Waals surface area contributed by atoms with Gasteiger partial charge in [0.25, 0.3) is 0 Å². The molecule has 0 saturated heterocycles. The summed E-state index contributed by atoms with van der Waals surface area (Å²) in [6.45, 7) is 1.87. The molecular formula is C23H20O4. The normalized spacial score (nSPS) is 10.6. The number of ether oxygens (including phenoxy) is 3. The van der Waals surface area contributed by atoms with Gasteiger partial charge in [0.15, 0.2) is 0 Å². The quantitative estimate of drug-likeness (QED) is 0.331. The first-order valence-corrected chi connectivity index (χ1v) is 8.54. The molecule has 27 heavy (non-hydrogen) atoms. The highest BCUT2D eigenvalue weighted by Gasteiger charge is 2.09. The largest absolute Gasteiger partial charge is 0.497 e. The van der Waals surface area contributed by atoms with Gasteiger partial charge in [-0.05, 0) is 66.6 Å². The topological polar surface area (TPSA) is 44.8 Å². The third-order valence-corrected chi connectivity index (χ3v) is 3.92. The lowest BCUT2D eigenvalue weighted by molar-refractivity contribution is 0.0735. The zero-order valence-corrected chi connectivity index (χ0v) is 15.2. The number of esters is 1. The lowest BCUT2D eigenvalue weighted by Gasteiger charge is -2.07. The number of hydrogen-bond donors (Lipinski definition) is 0. The van der Waals surface area contributed by atoms with Gasteiger partial charge in [-0.15, -0.1) is 0 Å². The molecule has 3 aromatic rings. The van der Waals surface area contributed by atoms with Gasteiger partial charge in [-0.1, -0.05) is 30.3 Å². The van der Waals surface area contributed by atoms with E-state index in [-0.39, 0.29) is 0 Å². The zero-order chi connectivity index (χ0) is 19.1. The van der Waals surface area contributed by atoms with E-state index in [2.05, 4.69) is 0 Å². The Morgan fingerprint density at radius 2 is 1.26 bits per heavy atom. The zero-order valence-electron chi connectivity index (χ0n) is 15.2. The van der Waals surface area contributed by atoms with Crippen molar-refractivity contribution in [2.24, 2.45) is 0 Å². The van der Waals surface area contributed by atoms with E-state index >= 15 is 0 Å². The summed E-state index contributed by atoms with van der Waals surface area (Å²) in [6, 6.07) is 22.0. The summed E-state index contributed by atoms with van der Waals surface area (Å²) in [5, 5.41) is 0. The summed E-state index contributed by atoms with van der Waals surface area (Å²) in [4.78, 5) is 12.3. The van der Waals surface area contributed by atoms with Crippen molar-refractivity contribution in [1.82, 2.24) is 0 Å². The van der Waals surface area contributed by atoms with Crippen molar-refractivity contribution < 1.29 is 19.0 Å². The molecule has 0 amide bonds.